The number of nitrogens with one attached hydrogen (secondary N) is 1. The average molecular weight is 326 g/mol. The minimum Gasteiger partial charge on any atom is -0.496 e. The van der Waals surface area contributed by atoms with E-state index in [4.69, 9.17) is 22.1 Å². The van der Waals surface area contributed by atoms with E-state index in [9.17, 15) is 4.79 Å². The van der Waals surface area contributed by atoms with Crippen molar-refractivity contribution in [1.29, 1.82) is 0 Å². The summed E-state index contributed by atoms with van der Waals surface area (Å²) in [5, 5.41) is 3.55. The highest BCUT2D eigenvalue weighted by Crippen LogP contribution is 2.28. The van der Waals surface area contributed by atoms with Crippen LogP contribution >= 0.6 is 11.6 Å². The van der Waals surface area contributed by atoms with Crippen molar-refractivity contribution in [3.63, 3.8) is 0 Å². The maximum atomic E-state index is 12.1. The molecule has 6 heteroatoms. The molecule has 1 aromatic rings. The predicted octanol–water partition coefficient (Wildman–Crippen LogP) is 1.64. The normalized spacial score (nSPS) is 21.8. The number of carbonyl (C=O) groups is 1. The summed E-state index contributed by atoms with van der Waals surface area (Å²) < 4.78 is 5.27. The molecule has 3 N–H and O–H groups in total. The molecular weight excluding hydrogens is 302 g/mol. The number of hydrogen-bond donors (Lipinski definition) is 2. The van der Waals surface area contributed by atoms with E-state index >= 15 is 0 Å². The van der Waals surface area contributed by atoms with Crippen LogP contribution in [0.5, 0.6) is 5.75 Å². The van der Waals surface area contributed by atoms with Gasteiger partial charge >= 0.3 is 0 Å². The zero-order valence-corrected chi connectivity index (χ0v) is 13.9. The third-order valence-corrected chi connectivity index (χ3v) is 4.45. The smallest absolute Gasteiger partial charge is 0.234 e. The number of halogens is 1. The van der Waals surface area contributed by atoms with Crippen LogP contribution in [0.15, 0.2) is 18.2 Å². The first-order chi connectivity index (χ1) is 10.5. The number of methoxy groups -OCH3 is 1. The first-order valence-electron chi connectivity index (χ1n) is 7.47. The summed E-state index contributed by atoms with van der Waals surface area (Å²) in [6.45, 7) is 5.43. The van der Waals surface area contributed by atoms with Crippen molar-refractivity contribution in [2.24, 2.45) is 11.1 Å². The minimum atomic E-state index is 0.00306. The summed E-state index contributed by atoms with van der Waals surface area (Å²) in [4.78, 5) is 14.2. The monoisotopic (exact) mass is 325 g/mol. The molecule has 0 aliphatic carbocycles. The molecule has 0 bridgehead atoms. The van der Waals surface area contributed by atoms with Gasteiger partial charge in [-0.05, 0) is 43.1 Å². The molecule has 1 amide bonds. The topological polar surface area (TPSA) is 67.6 Å². The Hall–Kier alpha value is -1.30. The second-order valence-electron chi connectivity index (χ2n) is 6.21. The molecule has 1 aliphatic rings. The van der Waals surface area contributed by atoms with Gasteiger partial charge in [0.25, 0.3) is 0 Å². The SMILES string of the molecule is COc1ccc(Cl)cc1CNC(=O)CN1CCC(C)(CN)C1. The first-order valence-corrected chi connectivity index (χ1v) is 7.85. The van der Waals surface area contributed by atoms with Gasteiger partial charge in [0, 0.05) is 23.7 Å². The minimum absolute atomic E-state index is 0.00306. The first kappa shape index (κ1) is 17.1. The molecule has 0 aromatic heterocycles. The van der Waals surface area contributed by atoms with Gasteiger partial charge in [-0.3, -0.25) is 9.69 Å². The average Bonchev–Trinajstić information content (AvgIpc) is 2.87. The van der Waals surface area contributed by atoms with Gasteiger partial charge in [-0.15, -0.1) is 0 Å². The van der Waals surface area contributed by atoms with Crippen molar-refractivity contribution in [1.82, 2.24) is 10.2 Å². The lowest BCUT2D eigenvalue weighted by Gasteiger charge is -2.22. The highest BCUT2D eigenvalue weighted by molar-refractivity contribution is 6.30. The number of carbonyl (C=O) groups excluding carboxylic acids is 1. The lowest BCUT2D eigenvalue weighted by atomic mass is 9.90. The van der Waals surface area contributed by atoms with Gasteiger partial charge in [-0.1, -0.05) is 18.5 Å². The molecule has 1 fully saturated rings. The van der Waals surface area contributed by atoms with Crippen LogP contribution in [0.3, 0.4) is 0 Å². The molecule has 122 valence electrons. The summed E-state index contributed by atoms with van der Waals surface area (Å²) in [7, 11) is 1.60. The molecule has 1 heterocycles. The standard InChI is InChI=1S/C16H24ClN3O2/c1-16(10-18)5-6-20(11-16)9-15(21)19-8-12-7-13(17)3-4-14(12)22-2/h3-4,7H,5-6,8-11,18H2,1-2H3,(H,19,21). The van der Waals surface area contributed by atoms with E-state index in [-0.39, 0.29) is 11.3 Å². The summed E-state index contributed by atoms with van der Waals surface area (Å²) in [5.41, 5.74) is 6.80. The zero-order valence-electron chi connectivity index (χ0n) is 13.2. The van der Waals surface area contributed by atoms with Crippen molar-refractivity contribution in [2.75, 3.05) is 33.3 Å². The Morgan fingerprint density at radius 3 is 2.95 bits per heavy atom. The number of hydrogen-bond acceptors (Lipinski definition) is 4. The summed E-state index contributed by atoms with van der Waals surface area (Å²) in [6.07, 6.45) is 1.04. The van der Waals surface area contributed by atoms with Gasteiger partial charge in [0.1, 0.15) is 5.75 Å². The Morgan fingerprint density at radius 2 is 2.32 bits per heavy atom. The number of nitrogens with zero attached hydrogens (tertiary/aromatic N) is 1. The van der Waals surface area contributed by atoms with E-state index in [1.807, 2.05) is 6.07 Å². The molecule has 0 spiro atoms. The zero-order chi connectivity index (χ0) is 16.2. The van der Waals surface area contributed by atoms with E-state index < -0.39 is 0 Å². The maximum Gasteiger partial charge on any atom is 0.234 e. The largest absolute Gasteiger partial charge is 0.496 e. The fourth-order valence-corrected chi connectivity index (χ4v) is 2.96. The highest BCUT2D eigenvalue weighted by Gasteiger charge is 2.32. The fourth-order valence-electron chi connectivity index (χ4n) is 2.77. The van der Waals surface area contributed by atoms with Crippen molar-refractivity contribution in [2.45, 2.75) is 19.9 Å². The van der Waals surface area contributed by atoms with Crippen LogP contribution in [-0.4, -0.2) is 44.1 Å². The second kappa shape index (κ2) is 7.31. The Kier molecular flexibility index (Phi) is 5.67. The van der Waals surface area contributed by atoms with Crippen molar-refractivity contribution in [3.05, 3.63) is 28.8 Å². The molecule has 0 saturated carbocycles. The fraction of sp³-hybridized carbons (Fsp3) is 0.562. The summed E-state index contributed by atoms with van der Waals surface area (Å²) >= 11 is 5.99. The Labute approximate surface area is 136 Å². The van der Waals surface area contributed by atoms with Crippen LogP contribution in [0.4, 0.5) is 0 Å². The molecule has 1 unspecified atom stereocenters. The molecular formula is C16H24ClN3O2. The van der Waals surface area contributed by atoms with E-state index in [0.717, 1.165) is 30.8 Å². The molecule has 1 aliphatic heterocycles. The highest BCUT2D eigenvalue weighted by atomic mass is 35.5. The van der Waals surface area contributed by atoms with Gasteiger partial charge in [-0.25, -0.2) is 0 Å². The molecule has 2 rings (SSSR count). The van der Waals surface area contributed by atoms with Crippen molar-refractivity contribution in [3.8, 4) is 5.75 Å². The third-order valence-electron chi connectivity index (χ3n) is 4.22. The van der Waals surface area contributed by atoms with Crippen LogP contribution in [0.25, 0.3) is 0 Å². The number of likely N-dealkylation sites (tertiary alicyclic amines) is 1. The van der Waals surface area contributed by atoms with Gasteiger partial charge in [0.2, 0.25) is 5.91 Å². The number of rotatable bonds is 6. The summed E-state index contributed by atoms with van der Waals surface area (Å²) in [5.74, 6) is 0.727. The van der Waals surface area contributed by atoms with Gasteiger partial charge in [0.05, 0.1) is 13.7 Å². The summed E-state index contributed by atoms with van der Waals surface area (Å²) in [6, 6.07) is 5.38. The molecule has 1 saturated heterocycles. The van der Waals surface area contributed by atoms with Crippen molar-refractivity contribution >= 4 is 17.5 Å². The molecule has 1 aromatic carbocycles. The van der Waals surface area contributed by atoms with Crippen LogP contribution in [-0.2, 0) is 11.3 Å². The Morgan fingerprint density at radius 1 is 1.55 bits per heavy atom. The third kappa shape index (κ3) is 4.35. The molecule has 5 nitrogen and oxygen atoms in total. The van der Waals surface area contributed by atoms with Crippen LogP contribution in [0.2, 0.25) is 5.02 Å². The Bertz CT molecular complexity index is 538. The lowest BCUT2D eigenvalue weighted by Crippen LogP contribution is -2.38. The molecule has 0 radical (unpaired) electrons. The number of benzene rings is 1. The van der Waals surface area contributed by atoms with E-state index in [2.05, 4.69) is 17.1 Å². The number of amides is 1. The number of ether oxygens (including phenoxy) is 1. The molecule has 22 heavy (non-hydrogen) atoms. The van der Waals surface area contributed by atoms with Gasteiger partial charge in [-0.2, -0.15) is 0 Å². The number of nitrogens with two attached hydrogens (primary N) is 1. The van der Waals surface area contributed by atoms with Crippen LogP contribution in [0.1, 0.15) is 18.9 Å². The van der Waals surface area contributed by atoms with E-state index in [1.54, 1.807) is 19.2 Å². The van der Waals surface area contributed by atoms with E-state index in [1.165, 1.54) is 0 Å². The van der Waals surface area contributed by atoms with Crippen LogP contribution in [0, 0.1) is 5.41 Å². The van der Waals surface area contributed by atoms with Crippen molar-refractivity contribution < 1.29 is 9.53 Å². The quantitative estimate of drug-likeness (QED) is 0.834. The second-order valence-corrected chi connectivity index (χ2v) is 6.64. The Balaban J connectivity index is 1.85. The van der Waals surface area contributed by atoms with Gasteiger partial charge in [0.15, 0.2) is 0 Å². The predicted molar refractivity (Wildman–Crippen MR) is 88.1 cm³/mol. The molecule has 1 atom stereocenters. The maximum absolute atomic E-state index is 12.1. The van der Waals surface area contributed by atoms with Crippen LogP contribution < -0.4 is 15.8 Å². The van der Waals surface area contributed by atoms with E-state index in [0.29, 0.717) is 24.7 Å². The lowest BCUT2D eigenvalue weighted by molar-refractivity contribution is -0.122. The van der Waals surface area contributed by atoms with Gasteiger partial charge < -0.3 is 15.8 Å².